The van der Waals surface area contributed by atoms with Gasteiger partial charge in [-0.1, -0.05) is 23.7 Å². The van der Waals surface area contributed by atoms with Gasteiger partial charge in [0.05, 0.1) is 11.1 Å². The maximum atomic E-state index is 13.5. The van der Waals surface area contributed by atoms with E-state index in [1.807, 2.05) is 18.2 Å². The van der Waals surface area contributed by atoms with Crippen LogP contribution in [0.25, 0.3) is 0 Å². The first kappa shape index (κ1) is 16.4. The maximum Gasteiger partial charge on any atom is 0.142 e. The van der Waals surface area contributed by atoms with Crippen molar-refractivity contribution in [2.45, 2.75) is 31.4 Å². The molecule has 0 spiro atoms. The molecule has 2 atom stereocenters. The molecule has 1 aromatic carbocycles. The fourth-order valence-electron chi connectivity index (χ4n) is 2.75. The summed E-state index contributed by atoms with van der Waals surface area (Å²) in [6.45, 7) is 0.384. The van der Waals surface area contributed by atoms with Gasteiger partial charge in [-0.15, -0.1) is 0 Å². The van der Waals surface area contributed by atoms with Gasteiger partial charge >= 0.3 is 0 Å². The van der Waals surface area contributed by atoms with Gasteiger partial charge in [0.25, 0.3) is 0 Å². The Morgan fingerprint density at radius 2 is 2.13 bits per heavy atom. The molecule has 1 aliphatic carbocycles. The Hall–Kier alpha value is -1.49. The molecular formula is C18H20ClFN2O. The molecule has 2 aromatic rings. The summed E-state index contributed by atoms with van der Waals surface area (Å²) in [4.78, 5) is 4.37. The van der Waals surface area contributed by atoms with Crippen LogP contribution in [-0.2, 0) is 6.42 Å². The highest BCUT2D eigenvalue weighted by Gasteiger charge is 2.31. The predicted octanol–water partition coefficient (Wildman–Crippen LogP) is 3.52. The molecule has 0 radical (unpaired) electrons. The number of hydrogen-bond donors (Lipinski definition) is 2. The quantitative estimate of drug-likeness (QED) is 0.814. The molecule has 2 unspecified atom stereocenters. The van der Waals surface area contributed by atoms with Gasteiger partial charge in [-0.2, -0.15) is 0 Å². The molecule has 23 heavy (non-hydrogen) atoms. The van der Waals surface area contributed by atoms with Gasteiger partial charge in [0, 0.05) is 30.9 Å². The van der Waals surface area contributed by atoms with Crippen molar-refractivity contribution >= 4 is 11.6 Å². The Balaban J connectivity index is 1.59. The smallest absolute Gasteiger partial charge is 0.142 e. The molecule has 2 N–H and O–H groups in total. The van der Waals surface area contributed by atoms with E-state index in [2.05, 4.69) is 10.3 Å². The molecule has 3 nitrogen and oxygen atoms in total. The molecule has 1 saturated carbocycles. The molecular weight excluding hydrogens is 315 g/mol. The lowest BCUT2D eigenvalue weighted by atomic mass is 10.0. The number of aliphatic hydroxyl groups excluding tert-OH is 1. The highest BCUT2D eigenvalue weighted by atomic mass is 35.5. The highest BCUT2D eigenvalue weighted by Crippen LogP contribution is 2.34. The van der Waals surface area contributed by atoms with E-state index >= 15 is 0 Å². The van der Waals surface area contributed by atoms with Crippen molar-refractivity contribution < 1.29 is 9.50 Å². The third kappa shape index (κ3) is 4.50. The van der Waals surface area contributed by atoms with Crippen molar-refractivity contribution in [2.24, 2.45) is 5.92 Å². The second-order valence-corrected chi connectivity index (χ2v) is 6.47. The fourth-order valence-corrected chi connectivity index (χ4v) is 2.87. The zero-order chi connectivity index (χ0) is 16.2. The minimum Gasteiger partial charge on any atom is -0.387 e. The van der Waals surface area contributed by atoms with Crippen molar-refractivity contribution in [3.05, 3.63) is 64.7 Å². The topological polar surface area (TPSA) is 45.1 Å². The lowest BCUT2D eigenvalue weighted by molar-refractivity contribution is 0.167. The van der Waals surface area contributed by atoms with Crippen molar-refractivity contribution in [1.29, 1.82) is 0 Å². The van der Waals surface area contributed by atoms with Crippen LogP contribution < -0.4 is 5.32 Å². The van der Waals surface area contributed by atoms with Gasteiger partial charge < -0.3 is 10.4 Å². The number of halogens is 2. The summed E-state index contributed by atoms with van der Waals surface area (Å²) in [5.74, 6) is 0.126. The summed E-state index contributed by atoms with van der Waals surface area (Å²) < 4.78 is 13.5. The summed E-state index contributed by atoms with van der Waals surface area (Å²) in [6, 6.07) is 10.6. The summed E-state index contributed by atoms with van der Waals surface area (Å²) in [7, 11) is 0. The number of rotatable bonds is 7. The average Bonchev–Trinajstić information content (AvgIpc) is 3.39. The number of nitrogens with zero attached hydrogens (tertiary/aromatic N) is 1. The summed E-state index contributed by atoms with van der Waals surface area (Å²) in [5.41, 5.74) is 1.58. The van der Waals surface area contributed by atoms with Crippen molar-refractivity contribution in [3.63, 3.8) is 0 Å². The monoisotopic (exact) mass is 334 g/mol. The molecule has 0 aliphatic heterocycles. The van der Waals surface area contributed by atoms with Crippen LogP contribution in [0.3, 0.4) is 0 Å². The number of benzene rings is 1. The summed E-state index contributed by atoms with van der Waals surface area (Å²) >= 11 is 5.67. The lowest BCUT2D eigenvalue weighted by Crippen LogP contribution is -2.36. The number of aromatic nitrogens is 1. The van der Waals surface area contributed by atoms with Crippen LogP contribution in [0.1, 0.15) is 30.2 Å². The standard InChI is InChI=1S/C18H20ClFN2O/c19-15-7-6-13(9-16(15)20)18(23)11-22-17(12-4-5-12)10-14-3-1-2-8-21-14/h1-3,6-9,12,17-18,22-23H,4-5,10-11H2. The fraction of sp³-hybridized carbons (Fsp3) is 0.389. The lowest BCUT2D eigenvalue weighted by Gasteiger charge is -2.20. The SMILES string of the molecule is OC(CNC(Cc1ccccn1)C1CC1)c1ccc(Cl)c(F)c1. The van der Waals surface area contributed by atoms with E-state index in [-0.39, 0.29) is 11.1 Å². The molecule has 122 valence electrons. The van der Waals surface area contributed by atoms with E-state index in [0.29, 0.717) is 18.0 Å². The predicted molar refractivity (Wildman–Crippen MR) is 88.8 cm³/mol. The average molecular weight is 335 g/mol. The number of pyridine rings is 1. The molecule has 0 bridgehead atoms. The van der Waals surface area contributed by atoms with Gasteiger partial charge in [-0.05, 0) is 48.6 Å². The molecule has 1 aliphatic rings. The Morgan fingerprint density at radius 1 is 1.30 bits per heavy atom. The summed E-state index contributed by atoms with van der Waals surface area (Å²) in [6.07, 6.45) is 4.29. The molecule has 0 amide bonds. The van der Waals surface area contributed by atoms with Crippen LogP contribution in [0, 0.1) is 11.7 Å². The third-order valence-corrected chi connectivity index (χ3v) is 4.55. The normalized spacial score (nSPS) is 17.0. The van der Waals surface area contributed by atoms with Gasteiger partial charge in [-0.25, -0.2) is 4.39 Å². The molecule has 1 fully saturated rings. The van der Waals surface area contributed by atoms with E-state index in [1.165, 1.54) is 25.0 Å². The number of hydrogen-bond acceptors (Lipinski definition) is 3. The second-order valence-electron chi connectivity index (χ2n) is 6.07. The molecule has 5 heteroatoms. The Bertz CT molecular complexity index is 649. The summed E-state index contributed by atoms with van der Waals surface area (Å²) in [5, 5.41) is 13.8. The van der Waals surface area contributed by atoms with Crippen LogP contribution in [0.5, 0.6) is 0 Å². The Kier molecular flexibility index (Phi) is 5.26. The van der Waals surface area contributed by atoms with Gasteiger partial charge in [0.1, 0.15) is 5.82 Å². The first-order valence-corrected chi connectivity index (χ1v) is 8.27. The molecule has 3 rings (SSSR count). The van der Waals surface area contributed by atoms with Crippen molar-refractivity contribution in [2.75, 3.05) is 6.54 Å². The highest BCUT2D eigenvalue weighted by molar-refractivity contribution is 6.30. The zero-order valence-corrected chi connectivity index (χ0v) is 13.5. The third-order valence-electron chi connectivity index (χ3n) is 4.25. The van der Waals surface area contributed by atoms with E-state index in [0.717, 1.165) is 12.1 Å². The van der Waals surface area contributed by atoms with E-state index in [1.54, 1.807) is 12.3 Å². The van der Waals surface area contributed by atoms with E-state index < -0.39 is 11.9 Å². The van der Waals surface area contributed by atoms with Crippen molar-refractivity contribution in [1.82, 2.24) is 10.3 Å². The second kappa shape index (κ2) is 7.39. The first-order chi connectivity index (χ1) is 11.1. The van der Waals surface area contributed by atoms with Crippen LogP contribution >= 0.6 is 11.6 Å². The molecule has 1 aromatic heterocycles. The van der Waals surface area contributed by atoms with E-state index in [4.69, 9.17) is 11.6 Å². The number of aliphatic hydroxyl groups is 1. The Morgan fingerprint density at radius 3 is 2.78 bits per heavy atom. The maximum absolute atomic E-state index is 13.5. The van der Waals surface area contributed by atoms with Crippen LogP contribution in [0.4, 0.5) is 4.39 Å². The molecule has 0 saturated heterocycles. The zero-order valence-electron chi connectivity index (χ0n) is 12.8. The van der Waals surface area contributed by atoms with Crippen LogP contribution in [-0.4, -0.2) is 22.7 Å². The molecule has 1 heterocycles. The first-order valence-electron chi connectivity index (χ1n) is 7.90. The van der Waals surface area contributed by atoms with Crippen LogP contribution in [0.15, 0.2) is 42.6 Å². The minimum atomic E-state index is -0.758. The largest absolute Gasteiger partial charge is 0.387 e. The minimum absolute atomic E-state index is 0.0694. The Labute approximate surface area is 140 Å². The van der Waals surface area contributed by atoms with Gasteiger partial charge in [0.2, 0.25) is 0 Å². The number of nitrogens with one attached hydrogen (secondary N) is 1. The van der Waals surface area contributed by atoms with Crippen LogP contribution in [0.2, 0.25) is 5.02 Å². The van der Waals surface area contributed by atoms with Crippen molar-refractivity contribution in [3.8, 4) is 0 Å². The van der Waals surface area contributed by atoms with E-state index in [9.17, 15) is 9.50 Å². The van der Waals surface area contributed by atoms with Gasteiger partial charge in [-0.3, -0.25) is 4.98 Å². The van der Waals surface area contributed by atoms with Gasteiger partial charge in [0.15, 0.2) is 0 Å².